The van der Waals surface area contributed by atoms with Gasteiger partial charge in [0.1, 0.15) is 24.0 Å². The van der Waals surface area contributed by atoms with Crippen LogP contribution >= 0.6 is 0 Å². The largest absolute Gasteiger partial charge is 0.454 e. The number of rotatable bonds is 3. The van der Waals surface area contributed by atoms with Gasteiger partial charge in [-0.25, -0.2) is 8.96 Å². The number of nitrogens with zero attached hydrogens (tertiary/aromatic N) is 1. The lowest BCUT2D eigenvalue weighted by Gasteiger charge is -2.08. The molecule has 0 fully saturated rings. The summed E-state index contributed by atoms with van der Waals surface area (Å²) in [6.45, 7) is 5.75. The highest BCUT2D eigenvalue weighted by Crippen LogP contribution is 2.41. The van der Waals surface area contributed by atoms with E-state index in [4.69, 9.17) is 5.79 Å². The van der Waals surface area contributed by atoms with E-state index in [0.29, 0.717) is 11.1 Å². The van der Waals surface area contributed by atoms with Gasteiger partial charge in [-0.2, -0.15) is 0 Å². The van der Waals surface area contributed by atoms with Crippen molar-refractivity contribution in [1.29, 1.82) is 0 Å². The van der Waals surface area contributed by atoms with E-state index in [2.05, 4.69) is 29.7 Å². The van der Waals surface area contributed by atoms with Gasteiger partial charge in [0.2, 0.25) is 5.69 Å². The Morgan fingerprint density at radius 1 is 0.871 bits per heavy atom. The molecule has 0 bridgehead atoms. The molecule has 0 N–H and O–H groups in total. The Morgan fingerprint density at radius 3 is 2.23 bits per heavy atom. The molecule has 5 rings (SSSR count). The molecule has 3 aromatic carbocycles. The Hall–Kier alpha value is -3.46. The minimum absolute atomic E-state index is 0.321. The maximum absolute atomic E-state index is 15.1. The van der Waals surface area contributed by atoms with Crippen LogP contribution in [0, 0.1) is 12.7 Å². The molecular weight excluding hydrogens is 385 g/mol. The van der Waals surface area contributed by atoms with Crippen molar-refractivity contribution in [1.82, 2.24) is 0 Å². The van der Waals surface area contributed by atoms with Gasteiger partial charge in [-0.1, -0.05) is 50.2 Å². The van der Waals surface area contributed by atoms with Gasteiger partial charge < -0.3 is 4.42 Å². The summed E-state index contributed by atoms with van der Waals surface area (Å²) in [5, 5.41) is 1.86. The lowest BCUT2D eigenvalue weighted by Crippen LogP contribution is -2.30. The number of hydrogen-bond acceptors (Lipinski definition) is 1. The molecule has 31 heavy (non-hydrogen) atoms. The third-order valence-corrected chi connectivity index (χ3v) is 6.03. The molecule has 0 amide bonds. The molecule has 0 aliphatic rings. The zero-order chi connectivity index (χ0) is 22.6. The molecule has 5 aromatic rings. The number of furan rings is 1. The fraction of sp³-hybridized carbons (Fsp3) is 0.179. The molecule has 0 atom stereocenters. The van der Waals surface area contributed by atoms with Crippen LogP contribution in [0.15, 0.2) is 77.3 Å². The average molecular weight is 412 g/mol. The number of benzene rings is 3. The van der Waals surface area contributed by atoms with Gasteiger partial charge in [0, 0.05) is 24.3 Å². The summed E-state index contributed by atoms with van der Waals surface area (Å²) in [5.41, 5.74) is 6.53. The van der Waals surface area contributed by atoms with Crippen molar-refractivity contribution >= 4 is 21.9 Å². The van der Waals surface area contributed by atoms with Crippen LogP contribution in [0.1, 0.15) is 32.2 Å². The van der Waals surface area contributed by atoms with Crippen molar-refractivity contribution in [3.63, 3.8) is 0 Å². The first kappa shape index (κ1) is 18.3. The van der Waals surface area contributed by atoms with Crippen molar-refractivity contribution in [2.24, 2.45) is 7.05 Å². The van der Waals surface area contributed by atoms with E-state index in [1.807, 2.05) is 63.5 Å². The predicted octanol–water partition coefficient (Wildman–Crippen LogP) is 7.32. The zero-order valence-electron chi connectivity index (χ0n) is 19.2. The smallest absolute Gasteiger partial charge is 0.216 e. The van der Waals surface area contributed by atoms with Gasteiger partial charge in [-0.05, 0) is 47.7 Å². The summed E-state index contributed by atoms with van der Waals surface area (Å²) in [6.07, 6.45) is 2.01. The van der Waals surface area contributed by atoms with E-state index in [9.17, 15) is 0 Å². The second-order valence-electron chi connectivity index (χ2n) is 8.31. The van der Waals surface area contributed by atoms with Crippen molar-refractivity contribution in [3.05, 3.63) is 89.9 Å². The number of fused-ring (bicyclic) bond motifs is 3. The first-order valence-corrected chi connectivity index (χ1v) is 10.5. The SMILES string of the molecule is [2H]C(C)(C)c1ccc(-c2c(F)ccc3c2oc2c(-c4cccc[n+]4C)c(C)ccc23)cc1. The monoisotopic (exact) mass is 411 g/mol. The van der Waals surface area contributed by atoms with Crippen molar-refractivity contribution in [2.45, 2.75) is 26.7 Å². The van der Waals surface area contributed by atoms with Gasteiger partial charge in [0.15, 0.2) is 6.20 Å². The van der Waals surface area contributed by atoms with Gasteiger partial charge in [-0.3, -0.25) is 0 Å². The Morgan fingerprint density at radius 2 is 1.55 bits per heavy atom. The van der Waals surface area contributed by atoms with E-state index < -0.39 is 5.89 Å². The van der Waals surface area contributed by atoms with Crippen LogP contribution in [0.3, 0.4) is 0 Å². The Labute approximate surface area is 183 Å². The van der Waals surface area contributed by atoms with Crippen LogP contribution in [0.5, 0.6) is 0 Å². The van der Waals surface area contributed by atoms with Crippen LogP contribution < -0.4 is 4.57 Å². The van der Waals surface area contributed by atoms with Gasteiger partial charge in [0.05, 0.1) is 11.1 Å². The quantitative estimate of drug-likeness (QED) is 0.284. The van der Waals surface area contributed by atoms with E-state index in [1.165, 1.54) is 6.07 Å². The van der Waals surface area contributed by atoms with E-state index in [0.717, 1.165) is 44.3 Å². The van der Waals surface area contributed by atoms with Gasteiger partial charge >= 0.3 is 0 Å². The second-order valence-corrected chi connectivity index (χ2v) is 8.31. The van der Waals surface area contributed by atoms with Crippen LogP contribution in [0.4, 0.5) is 4.39 Å². The molecule has 0 radical (unpaired) electrons. The highest BCUT2D eigenvalue weighted by Gasteiger charge is 2.22. The van der Waals surface area contributed by atoms with Crippen LogP contribution in [0.2, 0.25) is 0 Å². The molecule has 2 heterocycles. The summed E-state index contributed by atoms with van der Waals surface area (Å²) < 4.78 is 31.9. The van der Waals surface area contributed by atoms with Crippen molar-refractivity contribution in [2.75, 3.05) is 0 Å². The van der Waals surface area contributed by atoms with Crippen molar-refractivity contribution < 1.29 is 14.7 Å². The molecule has 0 aliphatic heterocycles. The van der Waals surface area contributed by atoms with Crippen LogP contribution in [-0.4, -0.2) is 0 Å². The maximum atomic E-state index is 15.1. The lowest BCUT2D eigenvalue weighted by molar-refractivity contribution is -0.660. The fourth-order valence-electron chi connectivity index (χ4n) is 4.32. The molecule has 0 spiro atoms. The summed E-state index contributed by atoms with van der Waals surface area (Å²) in [4.78, 5) is 0. The molecule has 0 unspecified atom stereocenters. The minimum Gasteiger partial charge on any atom is -0.454 e. The molecule has 0 aliphatic carbocycles. The van der Waals surface area contributed by atoms with E-state index in [1.54, 1.807) is 6.07 Å². The zero-order valence-corrected chi connectivity index (χ0v) is 18.2. The number of pyridine rings is 1. The molecule has 2 nitrogen and oxygen atoms in total. The molecule has 0 saturated heterocycles. The fourth-order valence-corrected chi connectivity index (χ4v) is 4.32. The Balaban J connectivity index is 1.81. The van der Waals surface area contributed by atoms with Gasteiger partial charge in [-0.15, -0.1) is 0 Å². The number of hydrogen-bond donors (Lipinski definition) is 0. The first-order chi connectivity index (χ1) is 15.3. The van der Waals surface area contributed by atoms with E-state index >= 15 is 4.39 Å². The standard InChI is InChI=1S/C28H25FNO/c1-17(2)19-9-11-20(12-10-19)26-23(29)15-14-22-21-13-8-18(3)25(27(21)31-28(22)26)24-7-5-6-16-30(24)4/h5-17H,1-4H3/q+1/i17D. The van der Waals surface area contributed by atoms with Crippen LogP contribution in [-0.2, 0) is 7.05 Å². The molecule has 2 aromatic heterocycles. The summed E-state index contributed by atoms with van der Waals surface area (Å²) in [6, 6.07) is 21.1. The third-order valence-electron chi connectivity index (χ3n) is 6.03. The number of halogens is 1. The van der Waals surface area contributed by atoms with Gasteiger partial charge in [0.25, 0.3) is 0 Å². The Kier molecular flexibility index (Phi) is 4.34. The number of aryl methyl sites for hydroxylation is 2. The van der Waals surface area contributed by atoms with Crippen molar-refractivity contribution in [3.8, 4) is 22.4 Å². The summed E-state index contributed by atoms with van der Waals surface area (Å²) in [7, 11) is 2.01. The first-order valence-electron chi connectivity index (χ1n) is 11.0. The molecule has 0 saturated carbocycles. The molecular formula is C28H25FNO+. The number of aromatic nitrogens is 1. The lowest BCUT2D eigenvalue weighted by atomic mass is 9.96. The normalized spacial score (nSPS) is 12.5. The topological polar surface area (TPSA) is 17.0 Å². The summed E-state index contributed by atoms with van der Waals surface area (Å²) in [5.74, 6) is -1.03. The second kappa shape index (κ2) is 7.35. The maximum Gasteiger partial charge on any atom is 0.216 e. The predicted molar refractivity (Wildman–Crippen MR) is 125 cm³/mol. The average Bonchev–Trinajstić information content (AvgIpc) is 3.12. The molecule has 3 heteroatoms. The summed E-state index contributed by atoms with van der Waals surface area (Å²) >= 11 is 0. The van der Waals surface area contributed by atoms with E-state index in [-0.39, 0.29) is 5.82 Å². The Bertz CT molecular complexity index is 1480. The highest BCUT2D eigenvalue weighted by molar-refractivity contribution is 6.13. The third kappa shape index (κ3) is 3.12. The minimum atomic E-state index is -0.708. The van der Waals surface area contributed by atoms with Crippen LogP contribution in [0.25, 0.3) is 44.3 Å². The highest BCUT2D eigenvalue weighted by atomic mass is 19.1. The molecule has 154 valence electrons.